The molecule has 2 heterocycles. The van der Waals surface area contributed by atoms with Crippen LogP contribution >= 0.6 is 11.3 Å². The van der Waals surface area contributed by atoms with Crippen LogP contribution in [-0.4, -0.2) is 18.9 Å². The third kappa shape index (κ3) is 3.72. The Morgan fingerprint density at radius 2 is 1.88 bits per heavy atom. The number of hydrogen-bond acceptors (Lipinski definition) is 5. The van der Waals surface area contributed by atoms with Crippen molar-refractivity contribution in [3.05, 3.63) is 64.9 Å². The van der Waals surface area contributed by atoms with Crippen molar-refractivity contribution in [1.82, 2.24) is 0 Å². The van der Waals surface area contributed by atoms with Crippen LogP contribution < -0.4 is 15.4 Å². The topological polar surface area (TPSA) is 80.6 Å². The summed E-state index contributed by atoms with van der Waals surface area (Å²) in [6.45, 7) is 1.82. The Morgan fingerprint density at radius 1 is 1.08 bits per heavy atom. The summed E-state index contributed by atoms with van der Waals surface area (Å²) in [6, 6.07) is 12.1. The minimum atomic E-state index is -0.358. The molecule has 3 rings (SSSR count). The molecule has 7 heteroatoms. The van der Waals surface area contributed by atoms with Gasteiger partial charge in [0, 0.05) is 0 Å². The van der Waals surface area contributed by atoms with Crippen molar-refractivity contribution in [1.29, 1.82) is 0 Å². The Bertz CT molecular complexity index is 900. The number of carbonyl (C=O) groups excluding carboxylic acids is 2. The van der Waals surface area contributed by atoms with Gasteiger partial charge in [-0.2, -0.15) is 0 Å². The van der Waals surface area contributed by atoms with Gasteiger partial charge in [0.1, 0.15) is 5.75 Å². The average molecular weight is 356 g/mol. The fourth-order valence-corrected chi connectivity index (χ4v) is 3.24. The van der Waals surface area contributed by atoms with Crippen LogP contribution in [0.25, 0.3) is 0 Å². The number of rotatable bonds is 5. The summed E-state index contributed by atoms with van der Waals surface area (Å²) in [5.74, 6) is 0.177. The number of thiophene rings is 1. The van der Waals surface area contributed by atoms with Crippen LogP contribution in [0.2, 0.25) is 0 Å². The molecule has 6 nitrogen and oxygen atoms in total. The lowest BCUT2D eigenvalue weighted by atomic mass is 10.2. The van der Waals surface area contributed by atoms with E-state index >= 15 is 0 Å². The van der Waals surface area contributed by atoms with Gasteiger partial charge >= 0.3 is 0 Å². The van der Waals surface area contributed by atoms with Crippen LogP contribution in [0.4, 0.5) is 10.7 Å². The van der Waals surface area contributed by atoms with E-state index in [0.29, 0.717) is 21.3 Å². The second-order valence-corrected chi connectivity index (χ2v) is 6.26. The number of hydrogen-bond donors (Lipinski definition) is 2. The predicted octanol–water partition coefficient (Wildman–Crippen LogP) is 4.16. The molecule has 2 amide bonds. The number of furan rings is 1. The summed E-state index contributed by atoms with van der Waals surface area (Å²) in [5, 5.41) is 6.13. The van der Waals surface area contributed by atoms with E-state index in [1.807, 2.05) is 19.1 Å². The van der Waals surface area contributed by atoms with E-state index in [1.165, 1.54) is 17.6 Å². The van der Waals surface area contributed by atoms with Crippen molar-refractivity contribution < 1.29 is 18.7 Å². The maximum absolute atomic E-state index is 12.5. The fourth-order valence-electron chi connectivity index (χ4n) is 2.28. The van der Waals surface area contributed by atoms with Crippen LogP contribution in [0.5, 0.6) is 5.75 Å². The largest absolute Gasteiger partial charge is 0.495 e. The van der Waals surface area contributed by atoms with E-state index in [4.69, 9.17) is 9.15 Å². The number of anilines is 2. The normalized spacial score (nSPS) is 10.3. The molecule has 0 aliphatic heterocycles. The molecule has 25 heavy (non-hydrogen) atoms. The summed E-state index contributed by atoms with van der Waals surface area (Å²) >= 11 is 1.20. The summed E-state index contributed by atoms with van der Waals surface area (Å²) in [6.07, 6.45) is 1.43. The number of nitrogens with one attached hydrogen (secondary N) is 2. The monoisotopic (exact) mass is 356 g/mol. The highest BCUT2D eigenvalue weighted by Crippen LogP contribution is 2.29. The Kier molecular flexibility index (Phi) is 4.85. The van der Waals surface area contributed by atoms with Gasteiger partial charge in [-0.1, -0.05) is 12.1 Å². The van der Waals surface area contributed by atoms with Gasteiger partial charge in [-0.05, 0) is 42.8 Å². The molecule has 0 bridgehead atoms. The molecule has 0 unspecified atom stereocenters. The summed E-state index contributed by atoms with van der Waals surface area (Å²) in [7, 11) is 1.55. The van der Waals surface area contributed by atoms with E-state index in [9.17, 15) is 9.59 Å². The number of para-hydroxylation sites is 2. The molecule has 0 atom stereocenters. The highest BCUT2D eigenvalue weighted by Gasteiger charge is 2.17. The molecule has 2 aromatic heterocycles. The van der Waals surface area contributed by atoms with Gasteiger partial charge in [-0.25, -0.2) is 0 Å². The number of amides is 2. The van der Waals surface area contributed by atoms with Gasteiger partial charge in [0.05, 0.1) is 28.9 Å². The molecule has 0 aliphatic carbocycles. The lowest BCUT2D eigenvalue weighted by Crippen LogP contribution is -2.12. The standard InChI is InChI=1S/C18H16N2O4S/c1-11-10-15(20-17(21)14-8-5-9-24-14)25-16(11)18(22)19-12-6-3-4-7-13(12)23-2/h3-10H,1-2H3,(H,19,22)(H,20,21). The van der Waals surface area contributed by atoms with E-state index in [-0.39, 0.29) is 17.6 Å². The fraction of sp³-hybridized carbons (Fsp3) is 0.111. The van der Waals surface area contributed by atoms with Crippen molar-refractivity contribution in [3.63, 3.8) is 0 Å². The maximum Gasteiger partial charge on any atom is 0.291 e. The molecule has 3 aromatic rings. The zero-order valence-electron chi connectivity index (χ0n) is 13.7. The summed E-state index contributed by atoms with van der Waals surface area (Å²) < 4.78 is 10.3. The summed E-state index contributed by atoms with van der Waals surface area (Å²) in [4.78, 5) is 25.1. The molecular weight excluding hydrogens is 340 g/mol. The lowest BCUT2D eigenvalue weighted by molar-refractivity contribution is 0.0995. The minimum Gasteiger partial charge on any atom is -0.495 e. The van der Waals surface area contributed by atoms with E-state index in [0.717, 1.165) is 5.56 Å². The molecule has 128 valence electrons. The van der Waals surface area contributed by atoms with Crippen molar-refractivity contribution in [2.45, 2.75) is 6.92 Å². The van der Waals surface area contributed by atoms with Gasteiger partial charge in [-0.3, -0.25) is 9.59 Å². The highest BCUT2D eigenvalue weighted by atomic mass is 32.1. The second-order valence-electron chi connectivity index (χ2n) is 5.21. The number of ether oxygens (including phenoxy) is 1. The van der Waals surface area contributed by atoms with E-state index < -0.39 is 0 Å². The smallest absolute Gasteiger partial charge is 0.291 e. The van der Waals surface area contributed by atoms with E-state index in [2.05, 4.69) is 10.6 Å². The minimum absolute atomic E-state index is 0.214. The van der Waals surface area contributed by atoms with Crippen LogP contribution in [0, 0.1) is 6.92 Å². The van der Waals surface area contributed by atoms with Crippen molar-refractivity contribution >= 4 is 33.8 Å². The van der Waals surface area contributed by atoms with Crippen LogP contribution in [0.3, 0.4) is 0 Å². The van der Waals surface area contributed by atoms with Crippen molar-refractivity contribution in [2.75, 3.05) is 17.7 Å². The first-order valence-electron chi connectivity index (χ1n) is 7.48. The first kappa shape index (κ1) is 16.8. The van der Waals surface area contributed by atoms with E-state index in [1.54, 1.807) is 37.4 Å². The SMILES string of the molecule is COc1ccccc1NC(=O)c1sc(NC(=O)c2ccco2)cc1C. The van der Waals surface area contributed by atoms with Gasteiger partial charge in [0.25, 0.3) is 11.8 Å². The molecule has 0 fully saturated rings. The molecule has 0 saturated carbocycles. The zero-order valence-corrected chi connectivity index (χ0v) is 14.5. The zero-order chi connectivity index (χ0) is 17.8. The van der Waals surface area contributed by atoms with Crippen LogP contribution in [-0.2, 0) is 0 Å². The van der Waals surface area contributed by atoms with Gasteiger partial charge < -0.3 is 19.8 Å². The number of methoxy groups -OCH3 is 1. The third-order valence-corrected chi connectivity index (χ3v) is 4.61. The number of carbonyl (C=O) groups is 2. The van der Waals surface area contributed by atoms with Crippen LogP contribution in [0.15, 0.2) is 53.1 Å². The third-order valence-electron chi connectivity index (χ3n) is 3.46. The molecule has 0 aliphatic rings. The maximum atomic E-state index is 12.5. The first-order chi connectivity index (χ1) is 12.1. The Labute approximate surface area is 148 Å². The lowest BCUT2D eigenvalue weighted by Gasteiger charge is -2.09. The highest BCUT2D eigenvalue weighted by molar-refractivity contribution is 7.18. The van der Waals surface area contributed by atoms with Gasteiger partial charge in [-0.15, -0.1) is 11.3 Å². The van der Waals surface area contributed by atoms with Crippen LogP contribution in [0.1, 0.15) is 25.8 Å². The number of aryl methyl sites for hydroxylation is 1. The molecule has 0 spiro atoms. The first-order valence-corrected chi connectivity index (χ1v) is 8.30. The molecule has 0 radical (unpaired) electrons. The summed E-state index contributed by atoms with van der Waals surface area (Å²) in [5.41, 5.74) is 1.36. The quantitative estimate of drug-likeness (QED) is 0.719. The molecular formula is C18H16N2O4S. The number of benzene rings is 1. The molecule has 2 N–H and O–H groups in total. The average Bonchev–Trinajstić information content (AvgIpc) is 3.25. The second kappa shape index (κ2) is 7.23. The molecule has 1 aromatic carbocycles. The van der Waals surface area contributed by atoms with Crippen molar-refractivity contribution in [2.24, 2.45) is 0 Å². The Hall–Kier alpha value is -3.06. The van der Waals surface area contributed by atoms with Gasteiger partial charge in [0.2, 0.25) is 0 Å². The Balaban J connectivity index is 1.75. The van der Waals surface area contributed by atoms with Gasteiger partial charge in [0.15, 0.2) is 5.76 Å². The predicted molar refractivity (Wildman–Crippen MR) is 96.7 cm³/mol. The molecule has 0 saturated heterocycles. The van der Waals surface area contributed by atoms with Crippen molar-refractivity contribution in [3.8, 4) is 5.75 Å². The Morgan fingerprint density at radius 3 is 2.60 bits per heavy atom.